The number of aromatic hydroxyl groups is 1. The minimum absolute atomic E-state index is 0.168. The molecule has 0 aliphatic carbocycles. The monoisotopic (exact) mass is 326 g/mol. The van der Waals surface area contributed by atoms with Gasteiger partial charge in [-0.25, -0.2) is 4.79 Å². The molecule has 1 aromatic carbocycles. The first-order valence-electron chi connectivity index (χ1n) is 7.63. The number of phenols is 1. The third-order valence-electron chi connectivity index (χ3n) is 3.58. The summed E-state index contributed by atoms with van der Waals surface area (Å²) >= 11 is 0. The second-order valence-corrected chi connectivity index (χ2v) is 6.72. The Kier molecular flexibility index (Phi) is 4.84. The molecule has 0 saturated heterocycles. The van der Waals surface area contributed by atoms with Gasteiger partial charge in [-0.3, -0.25) is 5.32 Å². The van der Waals surface area contributed by atoms with Crippen LogP contribution in [0.25, 0.3) is 0 Å². The Labute approximate surface area is 141 Å². The van der Waals surface area contributed by atoms with Crippen molar-refractivity contribution in [2.45, 2.75) is 32.9 Å². The Hall–Kier alpha value is -2.94. The summed E-state index contributed by atoms with van der Waals surface area (Å²) in [6.07, 6.45) is 1.73. The quantitative estimate of drug-likeness (QED) is 0.906. The number of phenolic OH excluding ortho intramolecular Hbond substituents is 1. The van der Waals surface area contributed by atoms with Crippen LogP contribution in [0.15, 0.2) is 36.5 Å². The lowest BCUT2D eigenvalue weighted by molar-refractivity contribution is 0.220. The number of urea groups is 1. The Balaban J connectivity index is 2.14. The number of benzene rings is 1. The molecule has 0 spiro atoms. The number of rotatable bonds is 3. The van der Waals surface area contributed by atoms with Crippen LogP contribution in [0.2, 0.25) is 0 Å². The number of carbonyl (C=O) groups is 1. The van der Waals surface area contributed by atoms with Crippen LogP contribution >= 0.6 is 0 Å². The highest BCUT2D eigenvalue weighted by molar-refractivity contribution is 5.88. The van der Waals surface area contributed by atoms with Crippen LogP contribution < -0.4 is 5.32 Å². The molecule has 2 amide bonds. The molecule has 6 heteroatoms. The lowest BCUT2D eigenvalue weighted by Crippen LogP contribution is -2.33. The molecule has 2 rings (SSSR count). The normalized spacial score (nSPS) is 11.0. The minimum atomic E-state index is -0.286. The molecule has 24 heavy (non-hydrogen) atoms. The fourth-order valence-corrected chi connectivity index (χ4v) is 2.38. The topological polar surface area (TPSA) is 81.3 Å². The molecule has 0 unspecified atom stereocenters. The SMILES string of the molecule is CN(Cc1cccc(O)c1)C(=O)Nc1cc(C#N)cn1C(C)(C)C. The first kappa shape index (κ1) is 17.4. The van der Waals surface area contributed by atoms with E-state index in [0.29, 0.717) is 17.9 Å². The first-order chi connectivity index (χ1) is 11.2. The van der Waals surface area contributed by atoms with Gasteiger partial charge in [0.2, 0.25) is 0 Å². The highest BCUT2D eigenvalue weighted by Crippen LogP contribution is 2.24. The molecular formula is C18H22N4O2. The number of nitrogens with one attached hydrogen (secondary N) is 1. The van der Waals surface area contributed by atoms with Gasteiger partial charge < -0.3 is 14.6 Å². The van der Waals surface area contributed by atoms with Gasteiger partial charge in [0.05, 0.1) is 5.56 Å². The number of hydrogen-bond donors (Lipinski definition) is 2. The van der Waals surface area contributed by atoms with Crippen molar-refractivity contribution in [2.24, 2.45) is 0 Å². The van der Waals surface area contributed by atoms with Gasteiger partial charge in [-0.2, -0.15) is 5.26 Å². The molecule has 0 aliphatic heterocycles. The highest BCUT2D eigenvalue weighted by Gasteiger charge is 2.20. The molecule has 0 fully saturated rings. The summed E-state index contributed by atoms with van der Waals surface area (Å²) in [5.41, 5.74) is 1.06. The van der Waals surface area contributed by atoms with E-state index in [-0.39, 0.29) is 17.3 Å². The Morgan fingerprint density at radius 1 is 1.38 bits per heavy atom. The summed E-state index contributed by atoms with van der Waals surface area (Å²) in [6.45, 7) is 6.36. The minimum Gasteiger partial charge on any atom is -0.508 e. The van der Waals surface area contributed by atoms with Crippen LogP contribution in [0.3, 0.4) is 0 Å². The molecular weight excluding hydrogens is 304 g/mol. The highest BCUT2D eigenvalue weighted by atomic mass is 16.3. The number of nitrogens with zero attached hydrogens (tertiary/aromatic N) is 3. The smallest absolute Gasteiger partial charge is 0.323 e. The zero-order valence-corrected chi connectivity index (χ0v) is 14.4. The van der Waals surface area contributed by atoms with Gasteiger partial charge >= 0.3 is 6.03 Å². The summed E-state index contributed by atoms with van der Waals surface area (Å²) in [5, 5.41) is 21.4. The molecule has 0 atom stereocenters. The zero-order valence-electron chi connectivity index (χ0n) is 14.4. The van der Waals surface area contributed by atoms with Crippen LogP contribution in [0.4, 0.5) is 10.6 Å². The summed E-state index contributed by atoms with van der Waals surface area (Å²) in [6, 6.07) is 10.3. The Morgan fingerprint density at radius 3 is 2.67 bits per heavy atom. The second kappa shape index (κ2) is 6.67. The van der Waals surface area contributed by atoms with Gasteiger partial charge in [0, 0.05) is 25.3 Å². The van der Waals surface area contributed by atoms with Gasteiger partial charge in [-0.15, -0.1) is 0 Å². The number of hydrogen-bond acceptors (Lipinski definition) is 3. The van der Waals surface area contributed by atoms with Crippen molar-refractivity contribution in [3.8, 4) is 11.8 Å². The van der Waals surface area contributed by atoms with E-state index in [1.165, 1.54) is 4.90 Å². The fraction of sp³-hybridized carbons (Fsp3) is 0.333. The number of carbonyl (C=O) groups excluding carboxylic acids is 1. The molecule has 0 bridgehead atoms. The van der Waals surface area contributed by atoms with Gasteiger partial charge in [-0.05, 0) is 44.5 Å². The van der Waals surface area contributed by atoms with E-state index in [9.17, 15) is 9.90 Å². The van der Waals surface area contributed by atoms with Crippen LogP contribution in [-0.2, 0) is 12.1 Å². The molecule has 1 heterocycles. The maximum absolute atomic E-state index is 12.4. The molecule has 6 nitrogen and oxygen atoms in total. The average molecular weight is 326 g/mol. The van der Waals surface area contributed by atoms with Crippen LogP contribution in [0.1, 0.15) is 31.9 Å². The molecule has 2 N–H and O–H groups in total. The third-order valence-corrected chi connectivity index (χ3v) is 3.58. The van der Waals surface area contributed by atoms with E-state index < -0.39 is 0 Å². The summed E-state index contributed by atoms with van der Waals surface area (Å²) in [5.74, 6) is 0.744. The summed E-state index contributed by atoms with van der Waals surface area (Å²) in [4.78, 5) is 13.9. The van der Waals surface area contributed by atoms with Gasteiger partial charge in [0.25, 0.3) is 0 Å². The van der Waals surface area contributed by atoms with E-state index in [2.05, 4.69) is 11.4 Å². The van der Waals surface area contributed by atoms with Crippen LogP contribution in [-0.4, -0.2) is 27.7 Å². The van der Waals surface area contributed by atoms with Crippen molar-refractivity contribution in [3.05, 3.63) is 47.7 Å². The molecule has 0 saturated carbocycles. The molecule has 0 aliphatic rings. The van der Waals surface area contributed by atoms with Crippen molar-refractivity contribution in [3.63, 3.8) is 0 Å². The maximum Gasteiger partial charge on any atom is 0.323 e. The number of aromatic nitrogens is 1. The maximum atomic E-state index is 12.4. The van der Waals surface area contributed by atoms with Crippen LogP contribution in [0.5, 0.6) is 5.75 Å². The zero-order chi connectivity index (χ0) is 17.9. The largest absolute Gasteiger partial charge is 0.508 e. The van der Waals surface area contributed by atoms with Gasteiger partial charge in [-0.1, -0.05) is 12.1 Å². The number of anilines is 1. The third kappa shape index (κ3) is 4.07. The first-order valence-corrected chi connectivity index (χ1v) is 7.63. The summed E-state index contributed by atoms with van der Waals surface area (Å²) < 4.78 is 1.87. The van der Waals surface area contributed by atoms with E-state index in [4.69, 9.17) is 5.26 Å². The molecule has 1 aromatic heterocycles. The number of amides is 2. The van der Waals surface area contributed by atoms with Crippen molar-refractivity contribution < 1.29 is 9.90 Å². The average Bonchev–Trinajstić information content (AvgIpc) is 2.90. The molecule has 0 radical (unpaired) electrons. The van der Waals surface area contributed by atoms with E-state index in [1.54, 1.807) is 37.5 Å². The van der Waals surface area contributed by atoms with Gasteiger partial charge in [0.1, 0.15) is 17.6 Å². The van der Waals surface area contributed by atoms with Crippen molar-refractivity contribution in [1.29, 1.82) is 5.26 Å². The van der Waals surface area contributed by atoms with Crippen molar-refractivity contribution in [1.82, 2.24) is 9.47 Å². The Morgan fingerprint density at radius 2 is 2.08 bits per heavy atom. The standard InChI is InChI=1S/C18H22N4O2/c1-18(2,3)22-12-14(10-19)9-16(22)20-17(24)21(4)11-13-6-5-7-15(23)8-13/h5-9,12,23H,11H2,1-4H3,(H,20,24). The molecule has 2 aromatic rings. The van der Waals surface area contributed by atoms with Crippen molar-refractivity contribution >= 4 is 11.8 Å². The lowest BCUT2D eigenvalue weighted by Gasteiger charge is -2.25. The molecule has 126 valence electrons. The predicted octanol–water partition coefficient (Wildman–Crippen LogP) is 3.48. The predicted molar refractivity (Wildman–Crippen MR) is 92.7 cm³/mol. The lowest BCUT2D eigenvalue weighted by atomic mass is 10.1. The van der Waals surface area contributed by atoms with Gasteiger partial charge in [0.15, 0.2) is 0 Å². The summed E-state index contributed by atoms with van der Waals surface area (Å²) in [7, 11) is 1.68. The number of nitriles is 1. The fourth-order valence-electron chi connectivity index (χ4n) is 2.38. The van der Waals surface area contributed by atoms with E-state index >= 15 is 0 Å². The Bertz CT molecular complexity index is 781. The van der Waals surface area contributed by atoms with Crippen molar-refractivity contribution in [2.75, 3.05) is 12.4 Å². The van der Waals surface area contributed by atoms with E-state index in [0.717, 1.165) is 5.56 Å². The second-order valence-electron chi connectivity index (χ2n) is 6.72. The van der Waals surface area contributed by atoms with E-state index in [1.807, 2.05) is 31.4 Å². The van der Waals surface area contributed by atoms with Crippen LogP contribution in [0, 0.1) is 11.3 Å².